The molecule has 0 spiro atoms. The van der Waals surface area contributed by atoms with E-state index in [0.29, 0.717) is 10.8 Å². The van der Waals surface area contributed by atoms with Crippen molar-refractivity contribution in [2.45, 2.75) is 5.72 Å². The molecule has 1 aromatic carbocycles. The van der Waals surface area contributed by atoms with Crippen LogP contribution in [0.15, 0.2) is 29.3 Å². The van der Waals surface area contributed by atoms with Crippen LogP contribution >= 0.6 is 23.4 Å². The van der Waals surface area contributed by atoms with Gasteiger partial charge >= 0.3 is 0 Å². The van der Waals surface area contributed by atoms with Gasteiger partial charge in [0.2, 0.25) is 0 Å². The lowest BCUT2D eigenvalue weighted by molar-refractivity contribution is -0.0347. The number of hydrogen-bond donors (Lipinski definition) is 1. The van der Waals surface area contributed by atoms with E-state index in [9.17, 15) is 5.11 Å². The Balaban J connectivity index is 2.36. The lowest BCUT2D eigenvalue weighted by atomic mass is 10.0. The van der Waals surface area contributed by atoms with Gasteiger partial charge in [0.05, 0.1) is 5.75 Å². The summed E-state index contributed by atoms with van der Waals surface area (Å²) in [4.78, 5) is 5.92. The van der Waals surface area contributed by atoms with Gasteiger partial charge in [-0.05, 0) is 12.1 Å². The van der Waals surface area contributed by atoms with Gasteiger partial charge in [-0.25, -0.2) is 0 Å². The van der Waals surface area contributed by atoms with Gasteiger partial charge in [-0.15, -0.1) is 0 Å². The van der Waals surface area contributed by atoms with Crippen LogP contribution in [-0.4, -0.2) is 35.0 Å². The molecule has 86 valence electrons. The molecule has 2 rings (SSSR count). The Morgan fingerprint density at radius 1 is 1.44 bits per heavy atom. The minimum atomic E-state index is -0.982. The van der Waals surface area contributed by atoms with Crippen LogP contribution in [-0.2, 0) is 5.72 Å². The number of aliphatic hydroxyl groups is 1. The first kappa shape index (κ1) is 11.8. The van der Waals surface area contributed by atoms with E-state index in [0.717, 1.165) is 10.7 Å². The molecular formula is C11H13ClN2OS. The van der Waals surface area contributed by atoms with E-state index >= 15 is 0 Å². The summed E-state index contributed by atoms with van der Waals surface area (Å²) in [6, 6.07) is 7.26. The van der Waals surface area contributed by atoms with Crippen molar-refractivity contribution in [3.8, 4) is 0 Å². The first-order valence-corrected chi connectivity index (χ1v) is 6.26. The SMILES string of the molecule is CN=C1SC[C@](O)(c2ccc(Cl)cc2)N1C. The molecule has 1 heterocycles. The highest BCUT2D eigenvalue weighted by Crippen LogP contribution is 2.37. The summed E-state index contributed by atoms with van der Waals surface area (Å²) in [6.45, 7) is 0. The topological polar surface area (TPSA) is 35.8 Å². The smallest absolute Gasteiger partial charge is 0.175 e. The molecule has 0 unspecified atom stereocenters. The largest absolute Gasteiger partial charge is 0.366 e. The Hall–Kier alpha value is -0.710. The van der Waals surface area contributed by atoms with E-state index in [1.807, 2.05) is 19.2 Å². The predicted molar refractivity (Wildman–Crippen MR) is 68.9 cm³/mol. The number of hydrogen-bond acceptors (Lipinski definition) is 3. The number of aliphatic imine (C=N–C) groups is 1. The Morgan fingerprint density at radius 3 is 2.56 bits per heavy atom. The number of amidine groups is 1. The predicted octanol–water partition coefficient (Wildman–Crippen LogP) is 2.15. The molecule has 1 aliphatic heterocycles. The van der Waals surface area contributed by atoms with E-state index in [1.165, 1.54) is 0 Å². The van der Waals surface area contributed by atoms with Crippen molar-refractivity contribution in [1.29, 1.82) is 0 Å². The zero-order valence-corrected chi connectivity index (χ0v) is 10.7. The Kier molecular flexibility index (Phi) is 3.15. The van der Waals surface area contributed by atoms with Crippen LogP contribution in [0.5, 0.6) is 0 Å². The maximum Gasteiger partial charge on any atom is 0.175 e. The quantitative estimate of drug-likeness (QED) is 0.836. The minimum absolute atomic E-state index is 0.581. The average Bonchev–Trinajstić information content (AvgIpc) is 2.58. The summed E-state index contributed by atoms with van der Waals surface area (Å²) in [7, 11) is 3.57. The maximum atomic E-state index is 10.6. The molecule has 1 fully saturated rings. The number of benzene rings is 1. The number of nitrogens with zero attached hydrogens (tertiary/aromatic N) is 2. The molecule has 0 aliphatic carbocycles. The molecule has 0 saturated carbocycles. The molecule has 1 atom stereocenters. The van der Waals surface area contributed by atoms with Gasteiger partial charge in [-0.1, -0.05) is 35.5 Å². The first-order valence-electron chi connectivity index (χ1n) is 4.90. The molecule has 0 aromatic heterocycles. The lowest BCUT2D eigenvalue weighted by Crippen LogP contribution is -2.42. The summed E-state index contributed by atoms with van der Waals surface area (Å²) in [5.74, 6) is 0.581. The molecule has 0 radical (unpaired) electrons. The zero-order valence-electron chi connectivity index (χ0n) is 9.14. The highest BCUT2D eigenvalue weighted by Gasteiger charge is 2.42. The van der Waals surface area contributed by atoms with Crippen molar-refractivity contribution in [3.63, 3.8) is 0 Å². The van der Waals surface area contributed by atoms with Crippen molar-refractivity contribution in [2.24, 2.45) is 4.99 Å². The van der Waals surface area contributed by atoms with Gasteiger partial charge in [-0.2, -0.15) is 0 Å². The van der Waals surface area contributed by atoms with E-state index in [4.69, 9.17) is 11.6 Å². The van der Waals surface area contributed by atoms with Gasteiger partial charge in [0.1, 0.15) is 0 Å². The Bertz CT molecular complexity index is 420. The van der Waals surface area contributed by atoms with E-state index in [2.05, 4.69) is 4.99 Å². The van der Waals surface area contributed by atoms with Crippen LogP contribution in [0.2, 0.25) is 5.02 Å². The molecule has 1 N–H and O–H groups in total. The van der Waals surface area contributed by atoms with Gasteiger partial charge < -0.3 is 10.0 Å². The summed E-state index contributed by atoms with van der Waals surface area (Å²) >= 11 is 7.38. The van der Waals surface area contributed by atoms with E-state index in [1.54, 1.807) is 35.8 Å². The fraction of sp³-hybridized carbons (Fsp3) is 0.364. The Labute approximate surface area is 104 Å². The van der Waals surface area contributed by atoms with Crippen LogP contribution in [0.25, 0.3) is 0 Å². The van der Waals surface area contributed by atoms with E-state index in [-0.39, 0.29) is 0 Å². The molecular weight excluding hydrogens is 244 g/mol. The summed E-state index contributed by atoms with van der Waals surface area (Å²) in [5.41, 5.74) is -0.144. The maximum absolute atomic E-state index is 10.6. The summed E-state index contributed by atoms with van der Waals surface area (Å²) in [6.07, 6.45) is 0. The highest BCUT2D eigenvalue weighted by atomic mass is 35.5. The second kappa shape index (κ2) is 4.28. The monoisotopic (exact) mass is 256 g/mol. The third-order valence-electron chi connectivity index (χ3n) is 2.74. The molecule has 16 heavy (non-hydrogen) atoms. The summed E-state index contributed by atoms with van der Waals surface area (Å²) < 4.78 is 0. The summed E-state index contributed by atoms with van der Waals surface area (Å²) in [5, 5.41) is 12.1. The van der Waals surface area contributed by atoms with Crippen LogP contribution in [0.4, 0.5) is 0 Å². The van der Waals surface area contributed by atoms with Gasteiger partial charge in [0.15, 0.2) is 10.9 Å². The van der Waals surface area contributed by atoms with Crippen LogP contribution < -0.4 is 0 Å². The van der Waals surface area contributed by atoms with Gasteiger partial charge in [0, 0.05) is 24.7 Å². The van der Waals surface area contributed by atoms with Crippen LogP contribution in [0, 0.1) is 0 Å². The third kappa shape index (κ3) is 1.81. The third-order valence-corrected chi connectivity index (χ3v) is 4.26. The van der Waals surface area contributed by atoms with Crippen molar-refractivity contribution in [2.75, 3.05) is 19.8 Å². The van der Waals surface area contributed by atoms with Gasteiger partial charge in [-0.3, -0.25) is 4.99 Å². The molecule has 1 aliphatic rings. The molecule has 5 heteroatoms. The van der Waals surface area contributed by atoms with Crippen LogP contribution in [0.1, 0.15) is 5.56 Å². The van der Waals surface area contributed by atoms with Crippen molar-refractivity contribution < 1.29 is 5.11 Å². The second-order valence-corrected chi connectivity index (χ2v) is 5.06. The molecule has 1 saturated heterocycles. The average molecular weight is 257 g/mol. The first-order chi connectivity index (χ1) is 7.58. The fourth-order valence-electron chi connectivity index (χ4n) is 1.73. The lowest BCUT2D eigenvalue weighted by Gasteiger charge is -2.31. The molecule has 3 nitrogen and oxygen atoms in total. The highest BCUT2D eigenvalue weighted by molar-refractivity contribution is 8.14. The fourth-order valence-corrected chi connectivity index (χ4v) is 3.02. The zero-order chi connectivity index (χ0) is 11.8. The standard InChI is InChI=1S/C11H13ClN2OS/c1-13-10-14(2)11(15,7-16-10)8-3-5-9(12)6-4-8/h3-6,15H,7H2,1-2H3/t11-/m0/s1. The van der Waals surface area contributed by atoms with Crippen molar-refractivity contribution >= 4 is 28.5 Å². The Morgan fingerprint density at radius 2 is 2.06 bits per heavy atom. The number of thioether (sulfide) groups is 1. The molecule has 0 amide bonds. The molecule has 1 aromatic rings. The number of rotatable bonds is 1. The normalized spacial score (nSPS) is 27.8. The number of halogens is 1. The van der Waals surface area contributed by atoms with Gasteiger partial charge in [0.25, 0.3) is 0 Å². The van der Waals surface area contributed by atoms with Crippen LogP contribution in [0.3, 0.4) is 0 Å². The minimum Gasteiger partial charge on any atom is -0.366 e. The second-order valence-electron chi connectivity index (χ2n) is 3.68. The molecule has 0 bridgehead atoms. The van der Waals surface area contributed by atoms with E-state index < -0.39 is 5.72 Å². The van der Waals surface area contributed by atoms with Crippen molar-refractivity contribution in [1.82, 2.24) is 4.90 Å². The van der Waals surface area contributed by atoms with Crippen molar-refractivity contribution in [3.05, 3.63) is 34.9 Å².